The molecule has 3 aromatic rings. The molecule has 0 saturated carbocycles. The number of aromatic amines is 1. The summed E-state index contributed by atoms with van der Waals surface area (Å²) < 4.78 is 1.04. The molecule has 0 unspecified atom stereocenters. The summed E-state index contributed by atoms with van der Waals surface area (Å²) in [6.07, 6.45) is 0. The average molecular weight is 418 g/mol. The predicted molar refractivity (Wildman–Crippen MR) is 99.9 cm³/mol. The van der Waals surface area contributed by atoms with E-state index in [0.717, 1.165) is 20.0 Å². The molecule has 0 bridgehead atoms. The first-order valence-electron chi connectivity index (χ1n) is 7.16. The molecule has 1 amide bonds. The number of carbonyl (C=O) groups is 2. The van der Waals surface area contributed by atoms with Gasteiger partial charge in [0.05, 0.1) is 5.56 Å². The molecule has 2 N–H and O–H groups in total. The average Bonchev–Trinajstić information content (AvgIpc) is 2.86. The molecule has 1 aromatic heterocycles. The first-order valence-corrected chi connectivity index (χ1v) is 8.24. The number of fused-ring (bicyclic) bond motifs is 1. The van der Waals surface area contributed by atoms with Crippen molar-refractivity contribution in [1.29, 1.82) is 0 Å². The highest BCUT2D eigenvalue weighted by molar-refractivity contribution is 14.1. The molecular weight excluding hydrogens is 403 g/mol. The second kappa shape index (κ2) is 6.16. The minimum absolute atomic E-state index is 0.430. The van der Waals surface area contributed by atoms with Gasteiger partial charge in [-0.1, -0.05) is 24.3 Å². The van der Waals surface area contributed by atoms with E-state index in [1.165, 1.54) is 0 Å². The third kappa shape index (κ3) is 3.01. The molecule has 1 heterocycles. The van der Waals surface area contributed by atoms with Crippen LogP contribution in [0, 0.1) is 17.4 Å². The van der Waals surface area contributed by atoms with Crippen LogP contribution < -0.4 is 5.32 Å². The molecule has 2 aromatic carbocycles. The number of aromatic nitrogens is 1. The van der Waals surface area contributed by atoms with Crippen LogP contribution in [0.3, 0.4) is 0 Å². The van der Waals surface area contributed by atoms with Gasteiger partial charge in [-0.05, 0) is 60.2 Å². The van der Waals surface area contributed by atoms with Crippen molar-refractivity contribution in [2.45, 2.75) is 13.8 Å². The number of carbonyl (C=O) groups excluding carboxylic acids is 2. The van der Waals surface area contributed by atoms with Gasteiger partial charge in [0.1, 0.15) is 0 Å². The number of hydrogen-bond donors (Lipinski definition) is 2. The zero-order valence-corrected chi connectivity index (χ0v) is 14.9. The number of halogens is 1. The molecule has 0 aliphatic rings. The number of rotatable bonds is 3. The van der Waals surface area contributed by atoms with E-state index < -0.39 is 11.7 Å². The first kappa shape index (κ1) is 15.7. The van der Waals surface area contributed by atoms with Crippen LogP contribution in [-0.4, -0.2) is 16.7 Å². The van der Waals surface area contributed by atoms with Crippen molar-refractivity contribution in [3.05, 3.63) is 62.9 Å². The highest BCUT2D eigenvalue weighted by atomic mass is 127. The molecule has 0 atom stereocenters. The molecule has 0 radical (unpaired) electrons. The van der Waals surface area contributed by atoms with Gasteiger partial charge >= 0.3 is 0 Å². The quantitative estimate of drug-likeness (QED) is 0.380. The smallest absolute Gasteiger partial charge is 0.296 e. The standard InChI is InChI=1S/C18H15IN2O2/c1-10-7-8-12(9-14(10)19)21-18(23)17(22)16-11(2)20-15-6-4-3-5-13(15)16/h3-9,20H,1-2H3,(H,21,23). The lowest BCUT2D eigenvalue weighted by molar-refractivity contribution is -0.112. The molecule has 5 heteroatoms. The van der Waals surface area contributed by atoms with E-state index in [-0.39, 0.29) is 0 Å². The van der Waals surface area contributed by atoms with E-state index in [4.69, 9.17) is 0 Å². The fourth-order valence-corrected chi connectivity index (χ4v) is 3.06. The van der Waals surface area contributed by atoms with Crippen molar-refractivity contribution < 1.29 is 9.59 Å². The summed E-state index contributed by atoms with van der Waals surface area (Å²) in [7, 11) is 0. The first-order chi connectivity index (χ1) is 11.0. The van der Waals surface area contributed by atoms with Gasteiger partial charge in [-0.25, -0.2) is 0 Å². The van der Waals surface area contributed by atoms with Gasteiger partial charge in [0, 0.05) is 25.9 Å². The Balaban J connectivity index is 1.91. The number of ketones is 1. The normalized spacial score (nSPS) is 10.7. The topological polar surface area (TPSA) is 62.0 Å². The third-order valence-corrected chi connectivity index (χ3v) is 4.92. The third-order valence-electron chi connectivity index (χ3n) is 3.76. The number of Topliss-reactive ketones (excluding diaryl/α,β-unsaturated/α-hetero) is 1. The second-order valence-electron chi connectivity index (χ2n) is 5.42. The largest absolute Gasteiger partial charge is 0.358 e. The second-order valence-corrected chi connectivity index (χ2v) is 6.58. The minimum atomic E-state index is -0.627. The lowest BCUT2D eigenvalue weighted by atomic mass is 10.1. The molecule has 0 spiro atoms. The van der Waals surface area contributed by atoms with E-state index in [1.807, 2.05) is 43.3 Å². The summed E-state index contributed by atoms with van der Waals surface area (Å²) in [5, 5.41) is 3.45. The van der Waals surface area contributed by atoms with Crippen LogP contribution in [0.2, 0.25) is 0 Å². The Labute approximate surface area is 147 Å². The van der Waals surface area contributed by atoms with Crippen molar-refractivity contribution in [3.63, 3.8) is 0 Å². The number of nitrogens with one attached hydrogen (secondary N) is 2. The van der Waals surface area contributed by atoms with Gasteiger partial charge in [-0.2, -0.15) is 0 Å². The molecule has 0 aliphatic heterocycles. The molecule has 3 rings (SSSR count). The maximum atomic E-state index is 12.6. The van der Waals surface area contributed by atoms with E-state index in [1.54, 1.807) is 13.0 Å². The number of amides is 1. The molecule has 0 fully saturated rings. The van der Waals surface area contributed by atoms with Gasteiger partial charge < -0.3 is 10.3 Å². The van der Waals surface area contributed by atoms with E-state index in [9.17, 15) is 9.59 Å². The van der Waals surface area contributed by atoms with E-state index >= 15 is 0 Å². The number of H-pyrrole nitrogens is 1. The van der Waals surface area contributed by atoms with Crippen molar-refractivity contribution in [2.75, 3.05) is 5.32 Å². The molecular formula is C18H15IN2O2. The van der Waals surface area contributed by atoms with Crippen LogP contribution in [0.5, 0.6) is 0 Å². The van der Waals surface area contributed by atoms with Crippen molar-refractivity contribution >= 4 is 50.9 Å². The number of benzene rings is 2. The predicted octanol–water partition coefficient (Wildman–Crippen LogP) is 4.21. The van der Waals surface area contributed by atoms with Gasteiger partial charge in [0.2, 0.25) is 0 Å². The Morgan fingerprint density at radius 3 is 2.57 bits per heavy atom. The summed E-state index contributed by atoms with van der Waals surface area (Å²) in [6, 6.07) is 13.0. The molecule has 23 heavy (non-hydrogen) atoms. The van der Waals surface area contributed by atoms with Crippen LogP contribution in [0.25, 0.3) is 10.9 Å². The summed E-state index contributed by atoms with van der Waals surface area (Å²) in [4.78, 5) is 28.0. The highest BCUT2D eigenvalue weighted by Crippen LogP contribution is 2.23. The Morgan fingerprint density at radius 2 is 1.83 bits per heavy atom. The number of anilines is 1. The summed E-state index contributed by atoms with van der Waals surface area (Å²) in [6.45, 7) is 3.79. The van der Waals surface area contributed by atoms with Gasteiger partial charge in [0.25, 0.3) is 11.7 Å². The molecule has 4 nitrogen and oxygen atoms in total. The summed E-state index contributed by atoms with van der Waals surface area (Å²) >= 11 is 2.20. The minimum Gasteiger partial charge on any atom is -0.358 e. The lowest BCUT2D eigenvalue weighted by Crippen LogP contribution is -2.23. The van der Waals surface area contributed by atoms with Crippen LogP contribution in [0.4, 0.5) is 5.69 Å². The maximum absolute atomic E-state index is 12.6. The zero-order valence-electron chi connectivity index (χ0n) is 12.7. The van der Waals surface area contributed by atoms with Crippen LogP contribution >= 0.6 is 22.6 Å². The van der Waals surface area contributed by atoms with Gasteiger partial charge in [-0.15, -0.1) is 0 Å². The highest BCUT2D eigenvalue weighted by Gasteiger charge is 2.22. The van der Waals surface area contributed by atoms with Gasteiger partial charge in [0.15, 0.2) is 0 Å². The maximum Gasteiger partial charge on any atom is 0.296 e. The van der Waals surface area contributed by atoms with Crippen molar-refractivity contribution in [3.8, 4) is 0 Å². The SMILES string of the molecule is Cc1ccc(NC(=O)C(=O)c2c(C)[nH]c3ccccc23)cc1I. The van der Waals surface area contributed by atoms with Gasteiger partial charge in [-0.3, -0.25) is 9.59 Å². The fraction of sp³-hybridized carbons (Fsp3) is 0.111. The van der Waals surface area contributed by atoms with Crippen molar-refractivity contribution in [2.24, 2.45) is 0 Å². The monoisotopic (exact) mass is 418 g/mol. The van der Waals surface area contributed by atoms with E-state index in [2.05, 4.69) is 32.9 Å². The van der Waals surface area contributed by atoms with Crippen LogP contribution in [-0.2, 0) is 4.79 Å². The van der Waals surface area contributed by atoms with Crippen LogP contribution in [0.1, 0.15) is 21.6 Å². The summed E-state index contributed by atoms with van der Waals surface area (Å²) in [5.74, 6) is -1.16. The van der Waals surface area contributed by atoms with Crippen molar-refractivity contribution in [1.82, 2.24) is 4.98 Å². The summed E-state index contributed by atoms with van der Waals surface area (Å²) in [5.41, 5.74) is 3.73. The Kier molecular flexibility index (Phi) is 4.21. The zero-order chi connectivity index (χ0) is 16.6. The number of aryl methyl sites for hydroxylation is 2. The Morgan fingerprint density at radius 1 is 1.09 bits per heavy atom. The molecule has 0 aliphatic carbocycles. The lowest BCUT2D eigenvalue weighted by Gasteiger charge is -2.06. The Hall–Kier alpha value is -2.15. The number of hydrogen-bond acceptors (Lipinski definition) is 2. The Bertz CT molecular complexity index is 928. The van der Waals surface area contributed by atoms with E-state index in [0.29, 0.717) is 16.9 Å². The van der Waals surface area contributed by atoms with Crippen LogP contribution in [0.15, 0.2) is 42.5 Å². The number of para-hydroxylation sites is 1. The molecule has 116 valence electrons. The molecule has 0 saturated heterocycles. The fourth-order valence-electron chi connectivity index (χ4n) is 2.54.